The molecule has 21 heavy (non-hydrogen) atoms. The first-order chi connectivity index (χ1) is 10.0. The number of amides is 1. The first kappa shape index (κ1) is 15.2. The monoisotopic (exact) mass is 350 g/mol. The Kier molecular flexibility index (Phi) is 4.70. The van der Waals surface area contributed by atoms with E-state index in [1.807, 2.05) is 0 Å². The number of benzene rings is 2. The molecule has 0 bridgehead atoms. The summed E-state index contributed by atoms with van der Waals surface area (Å²) >= 11 is 3.16. The summed E-state index contributed by atoms with van der Waals surface area (Å²) in [6.45, 7) is 1.67. The molecule has 0 aliphatic rings. The zero-order valence-corrected chi connectivity index (χ0v) is 12.7. The van der Waals surface area contributed by atoms with Gasteiger partial charge < -0.3 is 10.5 Å². The lowest BCUT2D eigenvalue weighted by molar-refractivity contribution is 0.102. The number of rotatable bonds is 3. The van der Waals surface area contributed by atoms with Crippen molar-refractivity contribution in [1.29, 1.82) is 0 Å². The van der Waals surface area contributed by atoms with Gasteiger partial charge in [-0.2, -0.15) is 0 Å². The molecule has 2 aromatic rings. The first-order valence-corrected chi connectivity index (χ1v) is 6.86. The van der Waals surface area contributed by atoms with Crippen molar-refractivity contribution in [2.75, 3.05) is 5.32 Å². The molecule has 108 valence electrons. The SMILES string of the molecule is C/C(=N\O)c1ccc(NC(=O)c2ccc(F)cc2Br)cc1. The van der Waals surface area contributed by atoms with Crippen LogP contribution in [0, 0.1) is 5.82 Å². The molecule has 4 nitrogen and oxygen atoms in total. The molecular weight excluding hydrogens is 339 g/mol. The molecule has 0 unspecified atom stereocenters. The van der Waals surface area contributed by atoms with Crippen LogP contribution in [0.1, 0.15) is 22.8 Å². The van der Waals surface area contributed by atoms with Crippen LogP contribution in [-0.4, -0.2) is 16.8 Å². The zero-order valence-electron chi connectivity index (χ0n) is 11.1. The Morgan fingerprint density at radius 2 is 1.90 bits per heavy atom. The van der Waals surface area contributed by atoms with Crippen molar-refractivity contribution in [2.45, 2.75) is 6.92 Å². The van der Waals surface area contributed by atoms with Gasteiger partial charge >= 0.3 is 0 Å². The molecule has 0 aromatic heterocycles. The van der Waals surface area contributed by atoms with Gasteiger partial charge in [-0.1, -0.05) is 17.3 Å². The van der Waals surface area contributed by atoms with Crippen LogP contribution in [0.15, 0.2) is 52.1 Å². The van der Waals surface area contributed by atoms with E-state index in [-0.39, 0.29) is 5.91 Å². The second kappa shape index (κ2) is 6.49. The number of halogens is 2. The van der Waals surface area contributed by atoms with Gasteiger partial charge in [0, 0.05) is 10.2 Å². The highest BCUT2D eigenvalue weighted by Gasteiger charge is 2.11. The Hall–Kier alpha value is -2.21. The maximum absolute atomic E-state index is 13.0. The molecule has 0 aliphatic carbocycles. The summed E-state index contributed by atoms with van der Waals surface area (Å²) in [7, 11) is 0. The highest BCUT2D eigenvalue weighted by Crippen LogP contribution is 2.20. The van der Waals surface area contributed by atoms with Gasteiger partial charge in [-0.15, -0.1) is 0 Å². The van der Waals surface area contributed by atoms with Crippen LogP contribution in [0.4, 0.5) is 10.1 Å². The average molecular weight is 351 g/mol. The lowest BCUT2D eigenvalue weighted by atomic mass is 10.1. The molecule has 2 rings (SSSR count). The second-order valence-electron chi connectivity index (χ2n) is 4.34. The minimum Gasteiger partial charge on any atom is -0.411 e. The average Bonchev–Trinajstić information content (AvgIpc) is 2.47. The fourth-order valence-corrected chi connectivity index (χ4v) is 2.26. The predicted molar refractivity (Wildman–Crippen MR) is 82.5 cm³/mol. The van der Waals surface area contributed by atoms with Gasteiger partial charge in [0.2, 0.25) is 0 Å². The number of oxime groups is 1. The summed E-state index contributed by atoms with van der Waals surface area (Å²) in [5.41, 5.74) is 2.16. The van der Waals surface area contributed by atoms with E-state index >= 15 is 0 Å². The van der Waals surface area contributed by atoms with Crippen LogP contribution < -0.4 is 5.32 Å². The third-order valence-electron chi connectivity index (χ3n) is 2.89. The van der Waals surface area contributed by atoms with Crippen LogP contribution in [0.25, 0.3) is 0 Å². The Morgan fingerprint density at radius 1 is 1.24 bits per heavy atom. The second-order valence-corrected chi connectivity index (χ2v) is 5.20. The van der Waals surface area contributed by atoms with Crippen LogP contribution in [0.5, 0.6) is 0 Å². The number of nitrogens with zero attached hydrogens (tertiary/aromatic N) is 1. The molecule has 0 saturated heterocycles. The summed E-state index contributed by atoms with van der Waals surface area (Å²) in [6, 6.07) is 10.7. The fraction of sp³-hybridized carbons (Fsp3) is 0.0667. The van der Waals surface area contributed by atoms with E-state index in [1.165, 1.54) is 18.2 Å². The third kappa shape index (κ3) is 3.66. The summed E-state index contributed by atoms with van der Waals surface area (Å²) in [4.78, 5) is 12.1. The van der Waals surface area contributed by atoms with Crippen LogP contribution >= 0.6 is 15.9 Å². The van der Waals surface area contributed by atoms with Crippen molar-refractivity contribution in [1.82, 2.24) is 0 Å². The van der Waals surface area contributed by atoms with Crippen molar-refractivity contribution in [3.05, 3.63) is 63.9 Å². The molecule has 2 aromatic carbocycles. The molecule has 0 aliphatic heterocycles. The maximum Gasteiger partial charge on any atom is 0.256 e. The number of anilines is 1. The summed E-state index contributed by atoms with van der Waals surface area (Å²) < 4.78 is 13.4. The van der Waals surface area contributed by atoms with Gasteiger partial charge in [0.05, 0.1) is 11.3 Å². The number of hydrogen-bond acceptors (Lipinski definition) is 3. The molecule has 0 fully saturated rings. The van der Waals surface area contributed by atoms with Gasteiger partial charge in [0.25, 0.3) is 5.91 Å². The Morgan fingerprint density at radius 3 is 2.48 bits per heavy atom. The van der Waals surface area contributed by atoms with Crippen LogP contribution in [-0.2, 0) is 0 Å². The van der Waals surface area contributed by atoms with Gasteiger partial charge in [-0.3, -0.25) is 4.79 Å². The third-order valence-corrected chi connectivity index (χ3v) is 3.54. The predicted octanol–water partition coefficient (Wildman–Crippen LogP) is 4.04. The largest absolute Gasteiger partial charge is 0.411 e. The highest BCUT2D eigenvalue weighted by molar-refractivity contribution is 9.10. The van der Waals surface area contributed by atoms with Crippen molar-refractivity contribution in [3.63, 3.8) is 0 Å². The number of nitrogens with one attached hydrogen (secondary N) is 1. The number of carbonyl (C=O) groups excluding carboxylic acids is 1. The smallest absolute Gasteiger partial charge is 0.256 e. The minimum absolute atomic E-state index is 0.341. The van der Waals surface area contributed by atoms with Crippen LogP contribution in [0.3, 0.4) is 0 Å². The fourth-order valence-electron chi connectivity index (χ4n) is 1.72. The van der Waals surface area contributed by atoms with Crippen LogP contribution in [0.2, 0.25) is 0 Å². The molecule has 0 radical (unpaired) electrons. The zero-order chi connectivity index (χ0) is 15.4. The van der Waals surface area contributed by atoms with Gasteiger partial charge in [-0.05, 0) is 58.7 Å². The molecule has 0 spiro atoms. The Labute approximate surface area is 129 Å². The lowest BCUT2D eigenvalue weighted by Gasteiger charge is -2.08. The van der Waals surface area contributed by atoms with Crippen molar-refractivity contribution in [2.24, 2.45) is 5.16 Å². The van der Waals surface area contributed by atoms with E-state index < -0.39 is 5.82 Å². The van der Waals surface area contributed by atoms with E-state index in [4.69, 9.17) is 5.21 Å². The summed E-state index contributed by atoms with van der Waals surface area (Å²) in [5, 5.41) is 14.5. The molecule has 0 saturated carbocycles. The first-order valence-electron chi connectivity index (χ1n) is 6.07. The van der Waals surface area contributed by atoms with E-state index in [2.05, 4.69) is 26.4 Å². The lowest BCUT2D eigenvalue weighted by Crippen LogP contribution is -2.12. The Bertz CT molecular complexity index is 699. The van der Waals surface area contributed by atoms with Gasteiger partial charge in [0.15, 0.2) is 0 Å². The quantitative estimate of drug-likeness (QED) is 0.498. The standard InChI is InChI=1S/C15H12BrFN2O2/c1-9(19-21)10-2-5-12(6-3-10)18-15(20)13-7-4-11(17)8-14(13)16/h2-8,21H,1H3,(H,18,20)/b19-9+. The Balaban J connectivity index is 2.16. The normalized spacial score (nSPS) is 11.3. The summed E-state index contributed by atoms with van der Waals surface area (Å²) in [6.07, 6.45) is 0. The molecule has 0 heterocycles. The summed E-state index contributed by atoms with van der Waals surface area (Å²) in [5.74, 6) is -0.760. The molecule has 1 amide bonds. The topological polar surface area (TPSA) is 61.7 Å². The number of carbonyl (C=O) groups is 1. The van der Waals surface area contributed by atoms with E-state index in [9.17, 15) is 9.18 Å². The molecule has 0 atom stereocenters. The van der Waals surface area contributed by atoms with E-state index in [0.29, 0.717) is 21.4 Å². The molecule has 6 heteroatoms. The van der Waals surface area contributed by atoms with E-state index in [1.54, 1.807) is 31.2 Å². The van der Waals surface area contributed by atoms with E-state index in [0.717, 1.165) is 5.56 Å². The molecule has 2 N–H and O–H groups in total. The molecular formula is C15H12BrFN2O2. The van der Waals surface area contributed by atoms with Gasteiger partial charge in [-0.25, -0.2) is 4.39 Å². The van der Waals surface area contributed by atoms with Gasteiger partial charge in [0.1, 0.15) is 5.82 Å². The van der Waals surface area contributed by atoms with Crippen molar-refractivity contribution >= 4 is 33.2 Å². The highest BCUT2D eigenvalue weighted by atomic mass is 79.9. The maximum atomic E-state index is 13.0. The van der Waals surface area contributed by atoms with Crippen molar-refractivity contribution < 1.29 is 14.4 Å². The van der Waals surface area contributed by atoms with Crippen molar-refractivity contribution in [3.8, 4) is 0 Å². The number of hydrogen-bond donors (Lipinski definition) is 2. The minimum atomic E-state index is -0.415.